The molecular formula is C12H15ClFNO2. The number of hydrogen-bond donors (Lipinski definition) is 2. The van der Waals surface area contributed by atoms with Crippen molar-refractivity contribution in [1.82, 2.24) is 5.32 Å². The molecule has 0 atom stereocenters. The number of halogens is 2. The Morgan fingerprint density at radius 3 is 2.71 bits per heavy atom. The molecule has 0 aliphatic rings. The van der Waals surface area contributed by atoms with Crippen LogP contribution in [0.2, 0.25) is 5.02 Å². The van der Waals surface area contributed by atoms with Crippen LogP contribution in [0.3, 0.4) is 0 Å². The Bertz CT molecular complexity index is 421. The molecule has 5 heteroatoms. The molecule has 0 heterocycles. The minimum absolute atomic E-state index is 0.0583. The van der Waals surface area contributed by atoms with Crippen LogP contribution in [0.15, 0.2) is 12.1 Å². The summed E-state index contributed by atoms with van der Waals surface area (Å²) in [5.41, 5.74) is 0.371. The summed E-state index contributed by atoms with van der Waals surface area (Å²) in [4.78, 5) is 11.3. The quantitative estimate of drug-likeness (QED) is 0.871. The Morgan fingerprint density at radius 2 is 2.18 bits per heavy atom. The van der Waals surface area contributed by atoms with E-state index < -0.39 is 12.4 Å². The number of carbonyl (C=O) groups is 1. The van der Waals surface area contributed by atoms with Crippen molar-refractivity contribution in [3.05, 3.63) is 34.1 Å². The number of rotatable bonds is 4. The zero-order chi connectivity index (χ0) is 13.0. The summed E-state index contributed by atoms with van der Waals surface area (Å²) in [7, 11) is 0. The molecule has 2 N–H and O–H groups in total. The van der Waals surface area contributed by atoms with Crippen LogP contribution >= 0.6 is 11.6 Å². The van der Waals surface area contributed by atoms with Crippen molar-refractivity contribution in [2.75, 3.05) is 0 Å². The molecule has 0 bridgehead atoms. The van der Waals surface area contributed by atoms with Gasteiger partial charge in [-0.05, 0) is 6.07 Å². The number of carbonyl (C=O) groups excluding carboxylic acids is 1. The fourth-order valence-electron chi connectivity index (χ4n) is 1.31. The van der Waals surface area contributed by atoms with Crippen LogP contribution in [0.1, 0.15) is 25.0 Å². The molecule has 0 aromatic heterocycles. The maximum absolute atomic E-state index is 13.8. The summed E-state index contributed by atoms with van der Waals surface area (Å²) in [6, 6.07) is 3.00. The second-order valence-electron chi connectivity index (χ2n) is 4.03. The van der Waals surface area contributed by atoms with E-state index in [0.29, 0.717) is 5.56 Å². The number of benzene rings is 1. The van der Waals surface area contributed by atoms with Gasteiger partial charge in [0.1, 0.15) is 5.82 Å². The van der Waals surface area contributed by atoms with Gasteiger partial charge in [-0.1, -0.05) is 31.5 Å². The first kappa shape index (κ1) is 13.9. The van der Waals surface area contributed by atoms with Crippen LogP contribution in [0.5, 0.6) is 0 Å². The molecule has 0 unspecified atom stereocenters. The van der Waals surface area contributed by atoms with E-state index in [1.807, 2.05) is 0 Å². The normalized spacial score (nSPS) is 10.7. The Labute approximate surface area is 105 Å². The van der Waals surface area contributed by atoms with E-state index in [0.717, 1.165) is 0 Å². The molecule has 1 aromatic rings. The number of amides is 1. The predicted molar refractivity (Wildman–Crippen MR) is 64.0 cm³/mol. The molecule has 0 aliphatic carbocycles. The second kappa shape index (κ2) is 5.98. The lowest BCUT2D eigenvalue weighted by atomic mass is 10.1. The first-order valence-electron chi connectivity index (χ1n) is 5.31. The molecule has 17 heavy (non-hydrogen) atoms. The summed E-state index contributed by atoms with van der Waals surface area (Å²) < 4.78 is 13.8. The van der Waals surface area contributed by atoms with E-state index in [9.17, 15) is 9.18 Å². The first-order valence-corrected chi connectivity index (χ1v) is 5.69. The van der Waals surface area contributed by atoms with Gasteiger partial charge in [0.25, 0.3) is 0 Å². The number of hydrogen-bond acceptors (Lipinski definition) is 2. The van der Waals surface area contributed by atoms with Gasteiger partial charge >= 0.3 is 0 Å². The van der Waals surface area contributed by atoms with Gasteiger partial charge in [-0.15, -0.1) is 0 Å². The summed E-state index contributed by atoms with van der Waals surface area (Å²) >= 11 is 5.73. The minimum Gasteiger partial charge on any atom is -0.392 e. The largest absolute Gasteiger partial charge is 0.392 e. The van der Waals surface area contributed by atoms with E-state index in [4.69, 9.17) is 16.7 Å². The molecule has 3 nitrogen and oxygen atoms in total. The zero-order valence-electron chi connectivity index (χ0n) is 9.76. The highest BCUT2D eigenvalue weighted by Crippen LogP contribution is 2.22. The van der Waals surface area contributed by atoms with Crippen molar-refractivity contribution in [1.29, 1.82) is 0 Å². The van der Waals surface area contributed by atoms with Crippen molar-refractivity contribution in [3.63, 3.8) is 0 Å². The lowest BCUT2D eigenvalue weighted by molar-refractivity contribution is -0.124. The van der Waals surface area contributed by atoms with Crippen LogP contribution < -0.4 is 5.32 Å². The maximum Gasteiger partial charge on any atom is 0.222 e. The van der Waals surface area contributed by atoms with Crippen LogP contribution in [-0.4, -0.2) is 11.0 Å². The third kappa shape index (κ3) is 3.41. The first-order chi connectivity index (χ1) is 7.97. The molecule has 0 saturated heterocycles. The number of aliphatic hydroxyl groups excluding tert-OH is 1. The standard InChI is InChI=1S/C12H15ClFNO2/c1-7(2)12(17)15-5-8-3-4-10(13)9(6-16)11(8)14/h3-4,7,16H,5-6H2,1-2H3,(H,15,17). The molecule has 1 amide bonds. The van der Waals surface area contributed by atoms with Crippen molar-refractivity contribution < 1.29 is 14.3 Å². The number of aliphatic hydroxyl groups is 1. The van der Waals surface area contributed by atoms with Gasteiger partial charge in [-0.25, -0.2) is 4.39 Å². The van der Waals surface area contributed by atoms with Crippen LogP contribution in [-0.2, 0) is 17.9 Å². The van der Waals surface area contributed by atoms with E-state index in [2.05, 4.69) is 5.32 Å². The Hall–Kier alpha value is -1.13. The number of nitrogens with one attached hydrogen (secondary N) is 1. The summed E-state index contributed by atoms with van der Waals surface area (Å²) in [6.45, 7) is 3.14. The molecule has 0 saturated carbocycles. The lowest BCUT2D eigenvalue weighted by Crippen LogP contribution is -2.27. The second-order valence-corrected chi connectivity index (χ2v) is 4.44. The highest BCUT2D eigenvalue weighted by atomic mass is 35.5. The van der Waals surface area contributed by atoms with Gasteiger partial charge in [0.05, 0.1) is 6.61 Å². The minimum atomic E-state index is -0.566. The molecule has 0 fully saturated rings. The van der Waals surface area contributed by atoms with Crippen LogP contribution in [0.25, 0.3) is 0 Å². The fraction of sp³-hybridized carbons (Fsp3) is 0.417. The molecule has 0 spiro atoms. The Kier molecular flexibility index (Phi) is 4.90. The molecule has 1 aromatic carbocycles. The van der Waals surface area contributed by atoms with E-state index in [-0.39, 0.29) is 29.0 Å². The summed E-state index contributed by atoms with van der Waals surface area (Å²) in [6.07, 6.45) is 0. The summed E-state index contributed by atoms with van der Waals surface area (Å²) in [5, 5.41) is 11.8. The molecular weight excluding hydrogens is 245 g/mol. The van der Waals surface area contributed by atoms with E-state index in [1.54, 1.807) is 13.8 Å². The smallest absolute Gasteiger partial charge is 0.222 e. The van der Waals surface area contributed by atoms with Gasteiger partial charge in [0, 0.05) is 28.6 Å². The summed E-state index contributed by atoms with van der Waals surface area (Å²) in [5.74, 6) is -0.864. The van der Waals surface area contributed by atoms with Gasteiger partial charge < -0.3 is 10.4 Å². The van der Waals surface area contributed by atoms with Crippen molar-refractivity contribution in [2.45, 2.75) is 27.0 Å². The average molecular weight is 260 g/mol. The van der Waals surface area contributed by atoms with Crippen LogP contribution in [0, 0.1) is 11.7 Å². The highest BCUT2D eigenvalue weighted by molar-refractivity contribution is 6.31. The van der Waals surface area contributed by atoms with Gasteiger partial charge in [0.2, 0.25) is 5.91 Å². The van der Waals surface area contributed by atoms with Gasteiger partial charge in [-0.3, -0.25) is 4.79 Å². The predicted octanol–water partition coefficient (Wildman–Crippen LogP) is 2.24. The Balaban J connectivity index is 2.82. The molecule has 0 radical (unpaired) electrons. The van der Waals surface area contributed by atoms with Crippen LogP contribution in [0.4, 0.5) is 4.39 Å². The average Bonchev–Trinajstić information content (AvgIpc) is 2.28. The lowest BCUT2D eigenvalue weighted by Gasteiger charge is -2.11. The van der Waals surface area contributed by atoms with E-state index in [1.165, 1.54) is 12.1 Å². The third-order valence-electron chi connectivity index (χ3n) is 2.40. The molecule has 1 rings (SSSR count). The Morgan fingerprint density at radius 1 is 1.53 bits per heavy atom. The maximum atomic E-state index is 13.8. The fourth-order valence-corrected chi connectivity index (χ4v) is 1.52. The molecule has 0 aliphatic heterocycles. The van der Waals surface area contributed by atoms with Gasteiger partial charge in [0.15, 0.2) is 0 Å². The molecule has 94 valence electrons. The van der Waals surface area contributed by atoms with E-state index >= 15 is 0 Å². The zero-order valence-corrected chi connectivity index (χ0v) is 10.5. The monoisotopic (exact) mass is 259 g/mol. The van der Waals surface area contributed by atoms with Gasteiger partial charge in [-0.2, -0.15) is 0 Å². The highest BCUT2D eigenvalue weighted by Gasteiger charge is 2.13. The third-order valence-corrected chi connectivity index (χ3v) is 2.76. The van der Waals surface area contributed by atoms with Crippen molar-refractivity contribution in [3.8, 4) is 0 Å². The van der Waals surface area contributed by atoms with Crippen molar-refractivity contribution >= 4 is 17.5 Å². The SMILES string of the molecule is CC(C)C(=O)NCc1ccc(Cl)c(CO)c1F. The topological polar surface area (TPSA) is 49.3 Å². The van der Waals surface area contributed by atoms with Crippen molar-refractivity contribution in [2.24, 2.45) is 5.92 Å².